The van der Waals surface area contributed by atoms with Gasteiger partial charge in [-0.2, -0.15) is 0 Å². The lowest BCUT2D eigenvalue weighted by molar-refractivity contribution is -0.123. The molecule has 0 aliphatic carbocycles. The lowest BCUT2D eigenvalue weighted by Crippen LogP contribution is -2.38. The molecule has 1 aliphatic rings. The highest BCUT2D eigenvalue weighted by Gasteiger charge is 2.23. The molecule has 0 bridgehead atoms. The number of piperidine rings is 1. The molecule has 0 spiro atoms. The fraction of sp³-hybridized carbons (Fsp3) is 0.643. The molecule has 2 rings (SSSR count). The van der Waals surface area contributed by atoms with Crippen LogP contribution in [-0.2, 0) is 16.1 Å². The van der Waals surface area contributed by atoms with E-state index < -0.39 is 0 Å². The van der Waals surface area contributed by atoms with Crippen molar-refractivity contribution >= 4 is 28.3 Å². The Morgan fingerprint density at radius 3 is 2.67 bits per heavy atom. The van der Waals surface area contributed by atoms with Crippen molar-refractivity contribution in [3.8, 4) is 0 Å². The second kappa shape index (κ2) is 7.00. The molecule has 6 nitrogen and oxygen atoms in total. The van der Waals surface area contributed by atoms with E-state index >= 15 is 0 Å². The smallest absolute Gasteiger partial charge is 0.225 e. The van der Waals surface area contributed by atoms with Crippen molar-refractivity contribution in [2.24, 2.45) is 11.7 Å². The second-order valence-corrected chi connectivity index (χ2v) is 6.17. The molecule has 1 aromatic rings. The van der Waals surface area contributed by atoms with Gasteiger partial charge in [-0.1, -0.05) is 0 Å². The van der Waals surface area contributed by atoms with Crippen molar-refractivity contribution in [2.45, 2.75) is 33.2 Å². The van der Waals surface area contributed by atoms with Crippen LogP contribution in [0.25, 0.3) is 0 Å². The number of nitrogens with zero attached hydrogens (tertiary/aromatic N) is 3. The molecule has 0 saturated carbocycles. The normalized spacial score (nSPS) is 16.9. The van der Waals surface area contributed by atoms with Gasteiger partial charge < -0.3 is 5.73 Å². The third kappa shape index (κ3) is 4.01. The molecular weight excluding hydrogens is 288 g/mol. The van der Waals surface area contributed by atoms with Gasteiger partial charge in [-0.15, -0.1) is 11.3 Å². The quantitative estimate of drug-likeness (QED) is 0.886. The Bertz CT molecular complexity index is 509. The van der Waals surface area contributed by atoms with Crippen molar-refractivity contribution in [2.75, 3.05) is 24.5 Å². The zero-order valence-electron chi connectivity index (χ0n) is 12.5. The first-order chi connectivity index (χ1) is 10.0. The predicted octanol–water partition coefficient (Wildman–Crippen LogP) is 1.21. The molecule has 116 valence electrons. The van der Waals surface area contributed by atoms with Gasteiger partial charge in [0.05, 0.1) is 5.69 Å². The van der Waals surface area contributed by atoms with Gasteiger partial charge in [-0.25, -0.2) is 4.98 Å². The van der Waals surface area contributed by atoms with E-state index in [4.69, 9.17) is 5.73 Å². The van der Waals surface area contributed by atoms with Crippen LogP contribution in [0.5, 0.6) is 0 Å². The molecule has 1 aliphatic heterocycles. The van der Waals surface area contributed by atoms with Crippen LogP contribution in [0.1, 0.15) is 32.4 Å². The zero-order valence-corrected chi connectivity index (χ0v) is 13.4. The van der Waals surface area contributed by atoms with Gasteiger partial charge in [-0.3, -0.25) is 19.4 Å². The number of nitrogens with two attached hydrogens (primary N) is 1. The maximum Gasteiger partial charge on any atom is 0.225 e. The molecular formula is C14H22N4O2S. The summed E-state index contributed by atoms with van der Waals surface area (Å²) in [5.74, 6) is -0.160. The van der Waals surface area contributed by atoms with Gasteiger partial charge in [0.15, 0.2) is 5.13 Å². The Kier molecular flexibility index (Phi) is 5.30. The Morgan fingerprint density at radius 2 is 2.14 bits per heavy atom. The highest BCUT2D eigenvalue weighted by molar-refractivity contribution is 7.14. The molecule has 0 atom stereocenters. The van der Waals surface area contributed by atoms with Gasteiger partial charge in [-0.05, 0) is 32.9 Å². The minimum Gasteiger partial charge on any atom is -0.369 e. The third-order valence-corrected chi connectivity index (χ3v) is 4.75. The largest absolute Gasteiger partial charge is 0.369 e. The van der Waals surface area contributed by atoms with Crippen LogP contribution in [0.3, 0.4) is 0 Å². The minimum atomic E-state index is -0.189. The summed E-state index contributed by atoms with van der Waals surface area (Å²) < 4.78 is 0. The van der Waals surface area contributed by atoms with Crippen LogP contribution in [0, 0.1) is 5.92 Å². The van der Waals surface area contributed by atoms with Crippen LogP contribution in [0.4, 0.5) is 5.13 Å². The average Bonchev–Trinajstić information content (AvgIpc) is 2.88. The fourth-order valence-corrected chi connectivity index (χ4v) is 3.51. The van der Waals surface area contributed by atoms with E-state index in [0.717, 1.165) is 43.3 Å². The van der Waals surface area contributed by atoms with Crippen molar-refractivity contribution in [3.63, 3.8) is 0 Å². The second-order valence-electron chi connectivity index (χ2n) is 5.34. The Morgan fingerprint density at radius 1 is 1.48 bits per heavy atom. The van der Waals surface area contributed by atoms with Crippen LogP contribution in [0.2, 0.25) is 0 Å². The van der Waals surface area contributed by atoms with E-state index in [1.807, 2.05) is 12.3 Å². The van der Waals surface area contributed by atoms with E-state index in [0.29, 0.717) is 6.54 Å². The summed E-state index contributed by atoms with van der Waals surface area (Å²) in [7, 11) is 0. The monoisotopic (exact) mass is 310 g/mol. The summed E-state index contributed by atoms with van der Waals surface area (Å²) in [6.07, 6.45) is 1.64. The number of carbonyl (C=O) groups excluding carboxylic acids is 2. The fourth-order valence-electron chi connectivity index (χ4n) is 2.59. The molecule has 2 amide bonds. The number of hydrogen-bond donors (Lipinski definition) is 1. The predicted molar refractivity (Wildman–Crippen MR) is 83.0 cm³/mol. The molecule has 21 heavy (non-hydrogen) atoms. The number of anilines is 1. The maximum absolute atomic E-state index is 11.5. The molecule has 2 heterocycles. The number of thiazole rings is 1. The number of primary amides is 1. The van der Waals surface area contributed by atoms with Crippen molar-refractivity contribution in [3.05, 3.63) is 11.1 Å². The summed E-state index contributed by atoms with van der Waals surface area (Å²) >= 11 is 1.50. The van der Waals surface area contributed by atoms with Crippen molar-refractivity contribution in [1.29, 1.82) is 0 Å². The SMILES string of the molecule is CCN(C(C)=O)c1nc(CN2CCC(C(N)=O)CC2)cs1. The van der Waals surface area contributed by atoms with Crippen molar-refractivity contribution < 1.29 is 9.59 Å². The van der Waals surface area contributed by atoms with Crippen LogP contribution in [-0.4, -0.2) is 41.3 Å². The molecule has 0 unspecified atom stereocenters. The van der Waals surface area contributed by atoms with E-state index in [1.165, 1.54) is 11.3 Å². The van der Waals surface area contributed by atoms with Crippen LogP contribution < -0.4 is 10.6 Å². The first-order valence-electron chi connectivity index (χ1n) is 7.25. The van der Waals surface area contributed by atoms with Crippen molar-refractivity contribution in [1.82, 2.24) is 9.88 Å². The minimum absolute atomic E-state index is 0.0144. The van der Waals surface area contributed by atoms with Gasteiger partial charge in [0.25, 0.3) is 0 Å². The summed E-state index contributed by atoms with van der Waals surface area (Å²) in [5.41, 5.74) is 6.32. The van der Waals surface area contributed by atoms with Gasteiger partial charge >= 0.3 is 0 Å². The molecule has 0 radical (unpaired) electrons. The number of rotatable bonds is 5. The highest BCUT2D eigenvalue weighted by atomic mass is 32.1. The van der Waals surface area contributed by atoms with E-state index in [-0.39, 0.29) is 17.7 Å². The Balaban J connectivity index is 1.91. The van der Waals surface area contributed by atoms with E-state index in [1.54, 1.807) is 11.8 Å². The summed E-state index contributed by atoms with van der Waals surface area (Å²) in [5, 5.41) is 2.76. The summed E-state index contributed by atoms with van der Waals surface area (Å²) in [6.45, 7) is 6.62. The van der Waals surface area contributed by atoms with Gasteiger partial charge in [0.2, 0.25) is 11.8 Å². The summed E-state index contributed by atoms with van der Waals surface area (Å²) in [6, 6.07) is 0. The first-order valence-corrected chi connectivity index (χ1v) is 8.13. The zero-order chi connectivity index (χ0) is 15.4. The number of carbonyl (C=O) groups is 2. The average molecular weight is 310 g/mol. The van der Waals surface area contributed by atoms with Gasteiger partial charge in [0, 0.05) is 31.3 Å². The van der Waals surface area contributed by atoms with Crippen LogP contribution in [0.15, 0.2) is 5.38 Å². The molecule has 1 aromatic heterocycles. The molecule has 1 saturated heterocycles. The number of aromatic nitrogens is 1. The van der Waals surface area contributed by atoms with E-state index in [2.05, 4.69) is 9.88 Å². The number of hydrogen-bond acceptors (Lipinski definition) is 5. The third-order valence-electron chi connectivity index (χ3n) is 3.84. The van der Waals surface area contributed by atoms with Gasteiger partial charge in [0.1, 0.15) is 0 Å². The van der Waals surface area contributed by atoms with E-state index in [9.17, 15) is 9.59 Å². The summed E-state index contributed by atoms with van der Waals surface area (Å²) in [4.78, 5) is 31.2. The Labute approximate surface area is 128 Å². The highest BCUT2D eigenvalue weighted by Crippen LogP contribution is 2.23. The molecule has 2 N–H and O–H groups in total. The number of amides is 2. The topological polar surface area (TPSA) is 79.5 Å². The van der Waals surface area contributed by atoms with Crippen LogP contribution >= 0.6 is 11.3 Å². The lowest BCUT2D eigenvalue weighted by Gasteiger charge is -2.29. The Hall–Kier alpha value is -1.47. The number of likely N-dealkylation sites (tertiary alicyclic amines) is 1. The first kappa shape index (κ1) is 15.9. The molecule has 0 aromatic carbocycles. The molecule has 7 heteroatoms. The molecule has 1 fully saturated rings. The standard InChI is InChI=1S/C14H22N4O2S/c1-3-18(10(2)19)14-16-12(9-21-14)8-17-6-4-11(5-7-17)13(15)20/h9,11H,3-8H2,1-2H3,(H2,15,20). The lowest BCUT2D eigenvalue weighted by atomic mass is 9.96. The maximum atomic E-state index is 11.5.